The highest BCUT2D eigenvalue weighted by Gasteiger charge is 2.13. The largest absolute Gasteiger partial charge is 0.370 e. The Balaban J connectivity index is 2.19. The van der Waals surface area contributed by atoms with Crippen LogP contribution in [0.2, 0.25) is 0 Å². The summed E-state index contributed by atoms with van der Waals surface area (Å²) in [6.45, 7) is 0. The van der Waals surface area contributed by atoms with Gasteiger partial charge in [-0.3, -0.25) is 5.41 Å². The highest BCUT2D eigenvalue weighted by atomic mass is 32.2. The van der Waals surface area contributed by atoms with Crippen LogP contribution in [0.3, 0.4) is 0 Å². The molecule has 0 amide bonds. The van der Waals surface area contributed by atoms with Crippen molar-refractivity contribution in [1.82, 2.24) is 0 Å². The van der Waals surface area contributed by atoms with Crippen molar-refractivity contribution < 1.29 is 0 Å². The van der Waals surface area contributed by atoms with Gasteiger partial charge in [-0.25, -0.2) is 0 Å². The van der Waals surface area contributed by atoms with Crippen LogP contribution in [-0.4, -0.2) is 16.9 Å². The second kappa shape index (κ2) is 5.90. The van der Waals surface area contributed by atoms with Crippen molar-refractivity contribution >= 4 is 22.9 Å². The summed E-state index contributed by atoms with van der Waals surface area (Å²) in [6.07, 6.45) is 6.62. The van der Waals surface area contributed by atoms with Gasteiger partial charge in [-0.2, -0.15) is 4.99 Å². The van der Waals surface area contributed by atoms with Gasteiger partial charge in [-0.1, -0.05) is 31.0 Å². The van der Waals surface area contributed by atoms with Gasteiger partial charge in [0.2, 0.25) is 0 Å². The van der Waals surface area contributed by atoms with E-state index in [0.717, 1.165) is 11.7 Å². The van der Waals surface area contributed by atoms with E-state index >= 15 is 0 Å². The first-order chi connectivity index (χ1) is 6.68. The average Bonchev–Trinajstić information content (AvgIpc) is 2.15. The first kappa shape index (κ1) is 11.4. The molecular weight excluding hydrogens is 196 g/mol. The minimum atomic E-state index is -0.0221. The van der Waals surface area contributed by atoms with E-state index in [2.05, 4.69) is 4.99 Å². The molecule has 1 aliphatic carbocycles. The number of thioether (sulfide) groups is 1. The van der Waals surface area contributed by atoms with Crippen molar-refractivity contribution in [3.05, 3.63) is 0 Å². The number of rotatable bonds is 2. The summed E-state index contributed by atoms with van der Waals surface area (Å²) in [5.74, 6) is 1.71. The molecule has 0 saturated heterocycles. The number of amidine groups is 1. The van der Waals surface area contributed by atoms with Crippen molar-refractivity contribution in [3.8, 4) is 0 Å². The Morgan fingerprint density at radius 1 is 1.29 bits per heavy atom. The fourth-order valence-electron chi connectivity index (χ4n) is 1.70. The Kier molecular flexibility index (Phi) is 4.79. The smallest absolute Gasteiger partial charge is 0.193 e. The van der Waals surface area contributed by atoms with Gasteiger partial charge in [0.25, 0.3) is 0 Å². The lowest BCUT2D eigenvalue weighted by atomic mass is 9.91. The van der Waals surface area contributed by atoms with E-state index in [4.69, 9.17) is 16.9 Å². The molecule has 80 valence electrons. The fourth-order valence-corrected chi connectivity index (χ4v) is 2.60. The minimum absolute atomic E-state index is 0.0221. The molecule has 1 rings (SSSR count). The predicted molar refractivity (Wildman–Crippen MR) is 62.6 cm³/mol. The maximum Gasteiger partial charge on any atom is 0.193 e. The first-order valence-electron chi connectivity index (χ1n) is 4.99. The minimum Gasteiger partial charge on any atom is -0.370 e. The van der Waals surface area contributed by atoms with Crippen LogP contribution in [0.25, 0.3) is 0 Å². The molecule has 0 heterocycles. The van der Waals surface area contributed by atoms with Gasteiger partial charge < -0.3 is 11.5 Å². The maximum absolute atomic E-state index is 7.45. The van der Waals surface area contributed by atoms with E-state index in [1.165, 1.54) is 43.9 Å². The number of nitrogens with one attached hydrogen (secondary N) is 1. The van der Waals surface area contributed by atoms with Crippen molar-refractivity contribution in [2.45, 2.75) is 32.1 Å². The van der Waals surface area contributed by atoms with Crippen molar-refractivity contribution in [2.75, 3.05) is 5.75 Å². The molecule has 1 fully saturated rings. The Morgan fingerprint density at radius 2 is 1.93 bits per heavy atom. The molecule has 0 bridgehead atoms. The normalized spacial score (nSPS) is 17.7. The van der Waals surface area contributed by atoms with Gasteiger partial charge >= 0.3 is 0 Å². The van der Waals surface area contributed by atoms with Crippen LogP contribution in [0.4, 0.5) is 0 Å². The van der Waals surface area contributed by atoms with Gasteiger partial charge in [0.1, 0.15) is 0 Å². The topological polar surface area (TPSA) is 88.2 Å². The van der Waals surface area contributed by atoms with Gasteiger partial charge in [0.15, 0.2) is 11.1 Å². The van der Waals surface area contributed by atoms with Crippen LogP contribution in [0.1, 0.15) is 32.1 Å². The zero-order valence-electron chi connectivity index (χ0n) is 8.33. The number of nitrogens with two attached hydrogens (primary N) is 2. The molecule has 0 spiro atoms. The zero-order chi connectivity index (χ0) is 10.4. The van der Waals surface area contributed by atoms with E-state index in [1.54, 1.807) is 0 Å². The molecular formula is C9H18N4S. The molecule has 0 unspecified atom stereocenters. The molecule has 0 radical (unpaired) electrons. The summed E-state index contributed by atoms with van der Waals surface area (Å²) in [4.78, 5) is 3.68. The van der Waals surface area contributed by atoms with Crippen LogP contribution in [0.5, 0.6) is 0 Å². The number of guanidine groups is 1. The quantitative estimate of drug-likeness (QED) is 0.481. The summed E-state index contributed by atoms with van der Waals surface area (Å²) < 4.78 is 0. The summed E-state index contributed by atoms with van der Waals surface area (Å²) in [7, 11) is 0. The van der Waals surface area contributed by atoms with E-state index in [1.807, 2.05) is 0 Å². The molecule has 0 aliphatic heterocycles. The van der Waals surface area contributed by atoms with Crippen molar-refractivity contribution in [1.29, 1.82) is 5.41 Å². The van der Waals surface area contributed by atoms with Crippen molar-refractivity contribution in [2.24, 2.45) is 22.4 Å². The van der Waals surface area contributed by atoms with Crippen LogP contribution >= 0.6 is 11.8 Å². The molecule has 5 heteroatoms. The van der Waals surface area contributed by atoms with E-state index in [-0.39, 0.29) is 11.1 Å². The molecule has 14 heavy (non-hydrogen) atoms. The summed E-state index contributed by atoms with van der Waals surface area (Å²) in [5.41, 5.74) is 10.4. The molecule has 0 aromatic heterocycles. The van der Waals surface area contributed by atoms with Gasteiger partial charge in [-0.05, 0) is 18.8 Å². The second-order valence-electron chi connectivity index (χ2n) is 3.66. The van der Waals surface area contributed by atoms with E-state index in [9.17, 15) is 0 Å². The Hall–Kier alpha value is -0.710. The standard InChI is InChI=1S/C9H18N4S/c10-8(11)13-9(12)14-6-7-4-2-1-3-5-7/h7H,1-6H2,(H5,10,11,12,13). The Morgan fingerprint density at radius 3 is 2.50 bits per heavy atom. The highest BCUT2D eigenvalue weighted by molar-refractivity contribution is 8.13. The monoisotopic (exact) mass is 214 g/mol. The predicted octanol–water partition coefficient (Wildman–Crippen LogP) is 1.51. The third-order valence-corrected chi connectivity index (χ3v) is 3.41. The molecule has 0 aromatic rings. The molecule has 5 N–H and O–H groups in total. The maximum atomic E-state index is 7.45. The van der Waals surface area contributed by atoms with Gasteiger partial charge in [-0.15, -0.1) is 0 Å². The van der Waals surface area contributed by atoms with Crippen LogP contribution in [-0.2, 0) is 0 Å². The molecule has 1 saturated carbocycles. The van der Waals surface area contributed by atoms with E-state index < -0.39 is 0 Å². The second-order valence-corrected chi connectivity index (χ2v) is 4.67. The summed E-state index contributed by atoms with van der Waals surface area (Å²) >= 11 is 1.45. The van der Waals surface area contributed by atoms with E-state index in [0.29, 0.717) is 0 Å². The van der Waals surface area contributed by atoms with Crippen LogP contribution in [0.15, 0.2) is 4.99 Å². The number of nitrogens with zero attached hydrogens (tertiary/aromatic N) is 1. The lowest BCUT2D eigenvalue weighted by Crippen LogP contribution is -2.23. The van der Waals surface area contributed by atoms with Crippen LogP contribution < -0.4 is 11.5 Å². The molecule has 0 atom stereocenters. The lowest BCUT2D eigenvalue weighted by Gasteiger charge is -2.20. The van der Waals surface area contributed by atoms with Gasteiger partial charge in [0.05, 0.1) is 0 Å². The Labute approximate surface area is 89.0 Å². The third kappa shape index (κ3) is 4.50. The SMILES string of the molecule is N=C(N=C(N)N)SCC1CCCCC1. The lowest BCUT2D eigenvalue weighted by molar-refractivity contribution is 0.391. The third-order valence-electron chi connectivity index (χ3n) is 2.41. The average molecular weight is 214 g/mol. The summed E-state index contributed by atoms with van der Waals surface area (Å²) in [5, 5.41) is 7.69. The molecule has 0 aromatic carbocycles. The van der Waals surface area contributed by atoms with Crippen molar-refractivity contribution in [3.63, 3.8) is 0 Å². The zero-order valence-corrected chi connectivity index (χ0v) is 9.15. The number of hydrogen-bond acceptors (Lipinski definition) is 2. The van der Waals surface area contributed by atoms with Crippen LogP contribution in [0, 0.1) is 11.3 Å². The number of aliphatic imine (C=N–C) groups is 1. The number of hydrogen-bond donors (Lipinski definition) is 3. The fraction of sp³-hybridized carbons (Fsp3) is 0.778. The van der Waals surface area contributed by atoms with Gasteiger partial charge in [0, 0.05) is 5.75 Å². The highest BCUT2D eigenvalue weighted by Crippen LogP contribution is 2.26. The Bertz CT molecular complexity index is 217. The summed E-state index contributed by atoms with van der Waals surface area (Å²) in [6, 6.07) is 0. The molecule has 1 aliphatic rings. The first-order valence-corrected chi connectivity index (χ1v) is 5.98. The molecule has 4 nitrogen and oxygen atoms in total.